The first-order chi connectivity index (χ1) is 17.1. The Labute approximate surface area is 209 Å². The predicted octanol–water partition coefficient (Wildman–Crippen LogP) is 4.56. The van der Waals surface area contributed by atoms with Crippen molar-refractivity contribution in [2.75, 3.05) is 36.4 Å². The summed E-state index contributed by atoms with van der Waals surface area (Å²) in [4.78, 5) is 40.6. The lowest BCUT2D eigenvalue weighted by atomic mass is 10.1. The van der Waals surface area contributed by atoms with E-state index in [0.717, 1.165) is 5.56 Å². The van der Waals surface area contributed by atoms with Crippen molar-refractivity contribution in [3.63, 3.8) is 0 Å². The maximum absolute atomic E-state index is 12.4. The molecule has 0 bridgehead atoms. The van der Waals surface area contributed by atoms with Gasteiger partial charge in [-0.2, -0.15) is 0 Å². The fourth-order valence-electron chi connectivity index (χ4n) is 3.76. The Balaban J connectivity index is 1.54. The van der Waals surface area contributed by atoms with Crippen LogP contribution < -0.4 is 10.2 Å². The zero-order valence-electron chi connectivity index (χ0n) is 20.8. The number of aromatic nitrogens is 3. The zero-order valence-corrected chi connectivity index (χ0v) is 20.8. The average Bonchev–Trinajstić information content (AvgIpc) is 2.83. The van der Waals surface area contributed by atoms with Crippen molar-refractivity contribution in [2.24, 2.45) is 0 Å². The van der Waals surface area contributed by atoms with Crippen LogP contribution in [0.15, 0.2) is 48.8 Å². The third-order valence-corrected chi connectivity index (χ3v) is 5.49. The molecule has 1 fully saturated rings. The Bertz CT molecular complexity index is 1270. The van der Waals surface area contributed by atoms with Gasteiger partial charge in [0.15, 0.2) is 0 Å². The van der Waals surface area contributed by atoms with E-state index in [9.17, 15) is 14.9 Å². The highest BCUT2D eigenvalue weighted by atomic mass is 16.6. The van der Waals surface area contributed by atoms with Crippen molar-refractivity contribution in [2.45, 2.75) is 33.3 Å². The molecule has 4 heterocycles. The summed E-state index contributed by atoms with van der Waals surface area (Å²) in [6, 6.07) is 10.1. The first-order valence-electron chi connectivity index (χ1n) is 11.6. The Hall–Kier alpha value is -4.28. The molecule has 1 amide bonds. The molecule has 0 saturated carbocycles. The first kappa shape index (κ1) is 24.8. The minimum atomic E-state index is -0.543. The van der Waals surface area contributed by atoms with Gasteiger partial charge < -0.3 is 19.9 Å². The van der Waals surface area contributed by atoms with Crippen LogP contribution in [-0.2, 0) is 4.74 Å². The quantitative estimate of drug-likeness (QED) is 0.404. The molecule has 0 aromatic carbocycles. The zero-order chi connectivity index (χ0) is 25.9. The molecule has 11 heteroatoms. The van der Waals surface area contributed by atoms with Crippen molar-refractivity contribution < 1.29 is 14.5 Å². The lowest BCUT2D eigenvalue weighted by molar-refractivity contribution is -0.384. The Morgan fingerprint density at radius 3 is 2.42 bits per heavy atom. The van der Waals surface area contributed by atoms with Gasteiger partial charge in [-0.25, -0.2) is 19.7 Å². The standard InChI is InChI=1S/C25H29N7O4/c1-17-5-7-26-21(13-17)29-22-16-19(32(34)35)15-20(28-22)18-6-8-27-23(14-18)30-9-11-31(12-10-30)24(33)36-25(2,3)4/h5-8,13-16H,9-12H2,1-4H3,(H,26,28,29). The molecular formula is C25H29N7O4. The van der Waals surface area contributed by atoms with Gasteiger partial charge in [-0.15, -0.1) is 0 Å². The molecule has 0 spiro atoms. The maximum atomic E-state index is 12.4. The number of nitrogens with zero attached hydrogens (tertiary/aromatic N) is 6. The molecule has 1 N–H and O–H groups in total. The second kappa shape index (κ2) is 10.1. The summed E-state index contributed by atoms with van der Waals surface area (Å²) in [5, 5.41) is 14.7. The van der Waals surface area contributed by atoms with E-state index in [-0.39, 0.29) is 11.8 Å². The Kier molecular flexibility index (Phi) is 7.00. The summed E-state index contributed by atoms with van der Waals surface area (Å²) in [7, 11) is 0. The molecular weight excluding hydrogens is 462 g/mol. The van der Waals surface area contributed by atoms with Gasteiger partial charge >= 0.3 is 6.09 Å². The number of hydrogen-bond acceptors (Lipinski definition) is 9. The average molecular weight is 492 g/mol. The number of aryl methyl sites for hydroxylation is 1. The Morgan fingerprint density at radius 1 is 1.03 bits per heavy atom. The van der Waals surface area contributed by atoms with Gasteiger partial charge in [0.05, 0.1) is 16.7 Å². The summed E-state index contributed by atoms with van der Waals surface area (Å²) >= 11 is 0. The van der Waals surface area contributed by atoms with Crippen LogP contribution in [-0.4, -0.2) is 62.6 Å². The van der Waals surface area contributed by atoms with E-state index >= 15 is 0 Å². The van der Waals surface area contributed by atoms with Crippen molar-refractivity contribution in [1.29, 1.82) is 0 Å². The lowest BCUT2D eigenvalue weighted by Gasteiger charge is -2.36. The van der Waals surface area contributed by atoms with Crippen LogP contribution in [0, 0.1) is 17.0 Å². The molecule has 3 aromatic rings. The second-order valence-electron chi connectivity index (χ2n) is 9.55. The van der Waals surface area contributed by atoms with Crippen molar-refractivity contribution >= 4 is 29.2 Å². The largest absolute Gasteiger partial charge is 0.444 e. The summed E-state index contributed by atoms with van der Waals surface area (Å²) in [5.74, 6) is 1.58. The van der Waals surface area contributed by atoms with Crippen molar-refractivity contribution in [1.82, 2.24) is 19.9 Å². The highest BCUT2D eigenvalue weighted by Gasteiger charge is 2.26. The molecule has 0 atom stereocenters. The van der Waals surface area contributed by atoms with Crippen LogP contribution in [0.5, 0.6) is 0 Å². The first-order valence-corrected chi connectivity index (χ1v) is 11.6. The van der Waals surface area contributed by atoms with E-state index in [1.54, 1.807) is 23.4 Å². The van der Waals surface area contributed by atoms with Gasteiger partial charge in [0.1, 0.15) is 23.1 Å². The van der Waals surface area contributed by atoms with E-state index in [1.165, 1.54) is 12.1 Å². The third-order valence-electron chi connectivity index (χ3n) is 5.49. The molecule has 4 rings (SSSR count). The summed E-state index contributed by atoms with van der Waals surface area (Å²) < 4.78 is 5.47. The molecule has 3 aromatic heterocycles. The normalized spacial score (nSPS) is 13.9. The van der Waals surface area contributed by atoms with Crippen LogP contribution in [0.2, 0.25) is 0 Å². The molecule has 1 saturated heterocycles. The number of nitro groups is 1. The molecule has 188 valence electrons. The number of carbonyl (C=O) groups is 1. The number of nitrogens with one attached hydrogen (secondary N) is 1. The summed E-state index contributed by atoms with van der Waals surface area (Å²) in [5.41, 5.74) is 1.51. The van der Waals surface area contributed by atoms with E-state index in [4.69, 9.17) is 4.74 Å². The highest BCUT2D eigenvalue weighted by molar-refractivity contribution is 5.70. The number of anilines is 3. The van der Waals surface area contributed by atoms with Crippen LogP contribution >= 0.6 is 0 Å². The van der Waals surface area contributed by atoms with Gasteiger partial charge in [-0.05, 0) is 57.5 Å². The fourth-order valence-corrected chi connectivity index (χ4v) is 3.76. The minimum absolute atomic E-state index is 0.0838. The molecule has 0 unspecified atom stereocenters. The topological polar surface area (TPSA) is 127 Å². The van der Waals surface area contributed by atoms with Crippen LogP contribution in [0.25, 0.3) is 11.3 Å². The highest BCUT2D eigenvalue weighted by Crippen LogP contribution is 2.28. The minimum Gasteiger partial charge on any atom is -0.444 e. The number of piperazine rings is 1. The van der Waals surface area contributed by atoms with Crippen molar-refractivity contribution in [3.8, 4) is 11.3 Å². The number of ether oxygens (including phenoxy) is 1. The van der Waals surface area contributed by atoms with Gasteiger partial charge in [-0.1, -0.05) is 0 Å². The maximum Gasteiger partial charge on any atom is 0.410 e. The number of carbonyl (C=O) groups excluding carboxylic acids is 1. The van der Waals surface area contributed by atoms with Crippen LogP contribution in [0.1, 0.15) is 26.3 Å². The van der Waals surface area contributed by atoms with Gasteiger partial charge in [0.25, 0.3) is 5.69 Å². The summed E-state index contributed by atoms with van der Waals surface area (Å²) in [6.07, 6.45) is 2.99. The molecule has 0 radical (unpaired) electrons. The van der Waals surface area contributed by atoms with E-state index in [0.29, 0.717) is 54.9 Å². The number of pyridine rings is 3. The van der Waals surface area contributed by atoms with Crippen molar-refractivity contribution in [3.05, 3.63) is 64.5 Å². The summed E-state index contributed by atoms with van der Waals surface area (Å²) in [6.45, 7) is 9.66. The fraction of sp³-hybridized carbons (Fsp3) is 0.360. The molecule has 11 nitrogen and oxygen atoms in total. The monoisotopic (exact) mass is 491 g/mol. The molecule has 1 aliphatic rings. The van der Waals surface area contributed by atoms with Gasteiger partial charge in [0, 0.05) is 50.2 Å². The second-order valence-corrected chi connectivity index (χ2v) is 9.55. The Morgan fingerprint density at radius 2 is 1.75 bits per heavy atom. The molecule has 36 heavy (non-hydrogen) atoms. The number of amides is 1. The molecule has 0 aliphatic carbocycles. The van der Waals surface area contributed by atoms with Gasteiger partial charge in [-0.3, -0.25) is 10.1 Å². The van der Waals surface area contributed by atoms with E-state index in [1.807, 2.05) is 45.9 Å². The van der Waals surface area contributed by atoms with E-state index < -0.39 is 10.5 Å². The molecule has 1 aliphatic heterocycles. The lowest BCUT2D eigenvalue weighted by Crippen LogP contribution is -2.50. The van der Waals surface area contributed by atoms with Crippen LogP contribution in [0.3, 0.4) is 0 Å². The smallest absolute Gasteiger partial charge is 0.410 e. The van der Waals surface area contributed by atoms with Crippen LogP contribution in [0.4, 0.5) is 27.9 Å². The predicted molar refractivity (Wildman–Crippen MR) is 136 cm³/mol. The third kappa shape index (κ3) is 6.23. The van der Waals surface area contributed by atoms with Gasteiger partial charge in [0.2, 0.25) is 0 Å². The number of rotatable bonds is 5. The van der Waals surface area contributed by atoms with E-state index in [2.05, 4.69) is 25.2 Å². The SMILES string of the molecule is Cc1ccnc(Nc2cc([N+](=O)[O-])cc(-c3ccnc(N4CCN(C(=O)OC(C)(C)C)CC4)c3)n2)c1. The number of hydrogen-bond donors (Lipinski definition) is 1.